The Hall–Kier alpha value is -0.120. The molecule has 50 valence electrons. The predicted octanol–water partition coefficient (Wildman–Crippen LogP) is -1.05. The van der Waals surface area contributed by atoms with Gasteiger partial charge in [-0.05, 0) is 6.54 Å². The summed E-state index contributed by atoms with van der Waals surface area (Å²) in [5.74, 6) is 0. The third-order valence-corrected chi connectivity index (χ3v) is 0.841. The highest BCUT2D eigenvalue weighted by molar-refractivity contribution is 4.54. The molecule has 3 N–H and O–H groups in total. The van der Waals surface area contributed by atoms with Crippen LogP contribution in [0.2, 0.25) is 0 Å². The van der Waals surface area contributed by atoms with E-state index in [1.165, 1.54) is 0 Å². The first kappa shape index (κ1) is 7.88. The fraction of sp³-hybridized carbons (Fsp3) is 1.00. The summed E-state index contributed by atoms with van der Waals surface area (Å²) in [6.07, 6.45) is -0.602. The van der Waals surface area contributed by atoms with Crippen LogP contribution in [0.1, 0.15) is 6.92 Å². The first-order valence-electron chi connectivity index (χ1n) is 2.81. The van der Waals surface area contributed by atoms with Crippen LogP contribution in [0.3, 0.4) is 0 Å². The van der Waals surface area contributed by atoms with Crippen LogP contribution < -0.4 is 5.32 Å². The molecule has 0 fully saturated rings. The molecule has 3 nitrogen and oxygen atoms in total. The summed E-state index contributed by atoms with van der Waals surface area (Å²) in [4.78, 5) is 0. The van der Waals surface area contributed by atoms with Crippen molar-refractivity contribution in [1.29, 1.82) is 0 Å². The van der Waals surface area contributed by atoms with Crippen LogP contribution in [0.4, 0.5) is 0 Å². The normalized spacial score (nSPS) is 13.9. The minimum atomic E-state index is -0.602. The van der Waals surface area contributed by atoms with Gasteiger partial charge in [-0.15, -0.1) is 0 Å². The van der Waals surface area contributed by atoms with Crippen molar-refractivity contribution in [3.05, 3.63) is 0 Å². The van der Waals surface area contributed by atoms with Crippen LogP contribution in [0.5, 0.6) is 0 Å². The topological polar surface area (TPSA) is 52.5 Å². The lowest BCUT2D eigenvalue weighted by Crippen LogP contribution is -2.28. The molecule has 0 aromatic rings. The van der Waals surface area contributed by atoms with Crippen molar-refractivity contribution < 1.29 is 10.2 Å². The minimum Gasteiger partial charge on any atom is -0.394 e. The Bertz CT molecular complexity index is 49.7. The second-order valence-corrected chi connectivity index (χ2v) is 1.64. The van der Waals surface area contributed by atoms with Crippen LogP contribution in [0.15, 0.2) is 0 Å². The van der Waals surface area contributed by atoms with Crippen LogP contribution in [0.25, 0.3) is 0 Å². The Balaban J connectivity index is 2.86. The van der Waals surface area contributed by atoms with E-state index in [0.717, 1.165) is 6.54 Å². The molecule has 0 radical (unpaired) electrons. The highest BCUT2D eigenvalue weighted by Gasteiger charge is 1.96. The van der Waals surface area contributed by atoms with Crippen molar-refractivity contribution in [2.24, 2.45) is 0 Å². The summed E-state index contributed by atoms with van der Waals surface area (Å²) in [6, 6.07) is 0. The van der Waals surface area contributed by atoms with Gasteiger partial charge in [-0.25, -0.2) is 0 Å². The number of rotatable bonds is 4. The smallest absolute Gasteiger partial charge is 0.0894 e. The molecule has 1 atom stereocenters. The summed E-state index contributed by atoms with van der Waals surface area (Å²) >= 11 is 0. The van der Waals surface area contributed by atoms with Crippen molar-refractivity contribution >= 4 is 0 Å². The van der Waals surface area contributed by atoms with E-state index < -0.39 is 6.10 Å². The molecule has 0 saturated heterocycles. The number of aliphatic hydroxyl groups excluding tert-OH is 2. The number of likely N-dealkylation sites (N-methyl/N-ethyl adjacent to an activating group) is 1. The molecular weight excluding hydrogens is 106 g/mol. The molecule has 0 bridgehead atoms. The van der Waals surface area contributed by atoms with Gasteiger partial charge < -0.3 is 15.5 Å². The standard InChI is InChI=1S/C5H13NO2/c1-2-6-3-5(8)4-7/h5-8H,2-4H2,1H3/t5-/m0/s1. The molecule has 0 aromatic carbocycles. The van der Waals surface area contributed by atoms with Crippen LogP contribution in [-0.4, -0.2) is 36.0 Å². The average Bonchev–Trinajstić information content (AvgIpc) is 1.83. The number of nitrogens with one attached hydrogen (secondary N) is 1. The lowest BCUT2D eigenvalue weighted by atomic mass is 10.4. The van der Waals surface area contributed by atoms with Gasteiger partial charge in [0.2, 0.25) is 0 Å². The predicted molar refractivity (Wildman–Crippen MR) is 31.6 cm³/mol. The molecule has 0 aromatic heterocycles. The Morgan fingerprint density at radius 2 is 2.25 bits per heavy atom. The van der Waals surface area contributed by atoms with Crippen LogP contribution >= 0.6 is 0 Å². The zero-order chi connectivity index (χ0) is 6.41. The van der Waals surface area contributed by atoms with E-state index in [1.54, 1.807) is 0 Å². The lowest BCUT2D eigenvalue weighted by Gasteiger charge is -2.05. The van der Waals surface area contributed by atoms with E-state index in [4.69, 9.17) is 10.2 Å². The molecule has 3 heteroatoms. The van der Waals surface area contributed by atoms with Crippen molar-refractivity contribution in [2.75, 3.05) is 19.7 Å². The van der Waals surface area contributed by atoms with E-state index in [9.17, 15) is 0 Å². The van der Waals surface area contributed by atoms with Gasteiger partial charge in [-0.1, -0.05) is 6.92 Å². The highest BCUT2D eigenvalue weighted by atomic mass is 16.3. The van der Waals surface area contributed by atoms with Gasteiger partial charge in [-0.2, -0.15) is 0 Å². The first-order chi connectivity index (χ1) is 3.81. The fourth-order valence-corrected chi connectivity index (χ4v) is 0.375. The Morgan fingerprint density at radius 1 is 1.62 bits per heavy atom. The van der Waals surface area contributed by atoms with E-state index in [0.29, 0.717) is 6.54 Å². The summed E-state index contributed by atoms with van der Waals surface area (Å²) in [6.45, 7) is 3.10. The maximum absolute atomic E-state index is 8.68. The van der Waals surface area contributed by atoms with Gasteiger partial charge in [0, 0.05) is 6.54 Å². The average molecular weight is 119 g/mol. The number of aliphatic hydroxyl groups is 2. The van der Waals surface area contributed by atoms with Gasteiger partial charge in [0.05, 0.1) is 12.7 Å². The molecule has 0 amide bonds. The third-order valence-electron chi connectivity index (χ3n) is 0.841. The third kappa shape index (κ3) is 4.05. The molecule has 0 unspecified atom stereocenters. The fourth-order valence-electron chi connectivity index (χ4n) is 0.375. The van der Waals surface area contributed by atoms with Crippen molar-refractivity contribution in [2.45, 2.75) is 13.0 Å². The van der Waals surface area contributed by atoms with Crippen LogP contribution in [0, 0.1) is 0 Å². The molecule has 0 aliphatic carbocycles. The second-order valence-electron chi connectivity index (χ2n) is 1.64. The molecule has 0 spiro atoms. The quantitative estimate of drug-likeness (QED) is 0.442. The maximum atomic E-state index is 8.68. The molecule has 0 rings (SSSR count). The van der Waals surface area contributed by atoms with Gasteiger partial charge in [-0.3, -0.25) is 0 Å². The summed E-state index contributed by atoms with van der Waals surface area (Å²) in [5.41, 5.74) is 0. The zero-order valence-electron chi connectivity index (χ0n) is 5.09. The van der Waals surface area contributed by atoms with E-state index in [1.807, 2.05) is 6.92 Å². The molecule has 0 aliphatic heterocycles. The monoisotopic (exact) mass is 119 g/mol. The molecule has 0 heterocycles. The largest absolute Gasteiger partial charge is 0.394 e. The molecule has 0 saturated carbocycles. The van der Waals surface area contributed by atoms with E-state index in [2.05, 4.69) is 5.32 Å². The highest BCUT2D eigenvalue weighted by Crippen LogP contribution is 1.74. The number of hydrogen-bond donors (Lipinski definition) is 3. The summed E-state index contributed by atoms with van der Waals surface area (Å²) in [7, 11) is 0. The van der Waals surface area contributed by atoms with Crippen molar-refractivity contribution in [3.63, 3.8) is 0 Å². The van der Waals surface area contributed by atoms with Gasteiger partial charge in [0.25, 0.3) is 0 Å². The van der Waals surface area contributed by atoms with E-state index in [-0.39, 0.29) is 6.61 Å². The minimum absolute atomic E-state index is 0.160. The molecule has 0 aliphatic rings. The van der Waals surface area contributed by atoms with Crippen molar-refractivity contribution in [3.8, 4) is 0 Å². The van der Waals surface area contributed by atoms with Gasteiger partial charge >= 0.3 is 0 Å². The molecule has 8 heavy (non-hydrogen) atoms. The zero-order valence-corrected chi connectivity index (χ0v) is 5.09. The Labute approximate surface area is 49.3 Å². The second kappa shape index (κ2) is 5.03. The maximum Gasteiger partial charge on any atom is 0.0894 e. The SMILES string of the molecule is CCNC[C@H](O)CO. The van der Waals surface area contributed by atoms with Crippen molar-refractivity contribution in [1.82, 2.24) is 5.32 Å². The summed E-state index contributed by atoms with van der Waals surface area (Å²) in [5, 5.41) is 19.8. The lowest BCUT2D eigenvalue weighted by molar-refractivity contribution is 0.0949. The Morgan fingerprint density at radius 3 is 2.62 bits per heavy atom. The Kier molecular flexibility index (Phi) is 4.95. The van der Waals surface area contributed by atoms with Gasteiger partial charge in [0.15, 0.2) is 0 Å². The summed E-state index contributed by atoms with van der Waals surface area (Å²) < 4.78 is 0. The van der Waals surface area contributed by atoms with Gasteiger partial charge in [0.1, 0.15) is 0 Å². The number of hydrogen-bond acceptors (Lipinski definition) is 3. The molecular formula is C5H13NO2. The van der Waals surface area contributed by atoms with Crippen LogP contribution in [-0.2, 0) is 0 Å². The first-order valence-corrected chi connectivity index (χ1v) is 2.81. The van der Waals surface area contributed by atoms with E-state index >= 15 is 0 Å².